The first-order valence-electron chi connectivity index (χ1n) is 7.19. The van der Waals surface area contributed by atoms with Gasteiger partial charge in [-0.2, -0.15) is 0 Å². The van der Waals surface area contributed by atoms with Crippen molar-refractivity contribution in [2.24, 2.45) is 5.92 Å². The van der Waals surface area contributed by atoms with E-state index in [0.29, 0.717) is 24.6 Å². The van der Waals surface area contributed by atoms with Gasteiger partial charge in [-0.25, -0.2) is 0 Å². The van der Waals surface area contributed by atoms with Crippen LogP contribution >= 0.6 is 0 Å². The molecule has 2 amide bonds. The van der Waals surface area contributed by atoms with Crippen LogP contribution in [0.25, 0.3) is 0 Å². The molecule has 0 aliphatic carbocycles. The van der Waals surface area contributed by atoms with Gasteiger partial charge in [-0.15, -0.1) is 0 Å². The van der Waals surface area contributed by atoms with Gasteiger partial charge in [-0.05, 0) is 37.1 Å². The fourth-order valence-electron chi connectivity index (χ4n) is 1.91. The molecule has 1 aromatic rings. The van der Waals surface area contributed by atoms with Crippen molar-refractivity contribution in [2.45, 2.75) is 20.8 Å². The second-order valence-electron chi connectivity index (χ2n) is 5.31. The fraction of sp³-hybridized carbons (Fsp3) is 0.500. The number of benzene rings is 1. The smallest absolute Gasteiger partial charge is 0.251 e. The van der Waals surface area contributed by atoms with Gasteiger partial charge in [-0.1, -0.05) is 13.8 Å². The number of carbonyl (C=O) groups is 2. The number of nitrogens with one attached hydrogen (secondary N) is 1. The third kappa shape index (κ3) is 5.85. The molecule has 0 spiro atoms. The minimum Gasteiger partial charge on any atom is -0.494 e. The van der Waals surface area contributed by atoms with Gasteiger partial charge in [0.2, 0.25) is 5.91 Å². The van der Waals surface area contributed by atoms with Crippen molar-refractivity contribution in [3.63, 3.8) is 0 Å². The molecule has 0 aliphatic heterocycles. The second kappa shape index (κ2) is 8.29. The topological polar surface area (TPSA) is 58.6 Å². The Morgan fingerprint density at radius 1 is 1.24 bits per heavy atom. The zero-order valence-electron chi connectivity index (χ0n) is 13.2. The van der Waals surface area contributed by atoms with E-state index in [1.54, 1.807) is 36.2 Å². The van der Waals surface area contributed by atoms with Gasteiger partial charge in [0.05, 0.1) is 13.2 Å². The lowest BCUT2D eigenvalue weighted by molar-refractivity contribution is -0.129. The summed E-state index contributed by atoms with van der Waals surface area (Å²) in [4.78, 5) is 25.4. The highest BCUT2D eigenvalue weighted by atomic mass is 16.5. The summed E-state index contributed by atoms with van der Waals surface area (Å²) in [5, 5.41) is 2.63. The van der Waals surface area contributed by atoms with E-state index in [1.165, 1.54) is 0 Å². The summed E-state index contributed by atoms with van der Waals surface area (Å²) in [5.74, 6) is 0.773. The van der Waals surface area contributed by atoms with Crippen LogP contribution in [0.2, 0.25) is 0 Å². The van der Waals surface area contributed by atoms with Crippen LogP contribution in [-0.2, 0) is 4.79 Å². The van der Waals surface area contributed by atoms with Gasteiger partial charge in [-0.3, -0.25) is 9.59 Å². The fourth-order valence-corrected chi connectivity index (χ4v) is 1.91. The van der Waals surface area contributed by atoms with Crippen molar-refractivity contribution >= 4 is 11.8 Å². The van der Waals surface area contributed by atoms with Crippen LogP contribution in [0.4, 0.5) is 0 Å². The molecule has 0 unspecified atom stereocenters. The summed E-state index contributed by atoms with van der Waals surface area (Å²) in [7, 11) is 1.74. The molecule has 1 aromatic carbocycles. The van der Waals surface area contributed by atoms with Crippen LogP contribution in [0.5, 0.6) is 5.75 Å². The lowest BCUT2D eigenvalue weighted by Crippen LogP contribution is -2.39. The molecule has 116 valence electrons. The normalized spacial score (nSPS) is 10.3. The summed E-state index contributed by atoms with van der Waals surface area (Å²) < 4.78 is 5.31. The number of nitrogens with zero attached hydrogens (tertiary/aromatic N) is 1. The maximum Gasteiger partial charge on any atom is 0.251 e. The highest BCUT2D eigenvalue weighted by Crippen LogP contribution is 2.11. The van der Waals surface area contributed by atoms with Gasteiger partial charge in [0.25, 0.3) is 5.91 Å². The Hall–Kier alpha value is -2.04. The van der Waals surface area contributed by atoms with Crippen LogP contribution in [-0.4, -0.2) is 43.5 Å². The van der Waals surface area contributed by atoms with Crippen LogP contribution in [0.3, 0.4) is 0 Å². The number of rotatable bonds is 7. The highest BCUT2D eigenvalue weighted by molar-refractivity contribution is 5.96. The summed E-state index contributed by atoms with van der Waals surface area (Å²) in [6.45, 7) is 7.26. The molecule has 0 atom stereocenters. The average Bonchev–Trinajstić information content (AvgIpc) is 2.44. The van der Waals surface area contributed by atoms with Crippen molar-refractivity contribution in [3.8, 4) is 5.75 Å². The van der Waals surface area contributed by atoms with E-state index in [9.17, 15) is 9.59 Å². The van der Waals surface area contributed by atoms with E-state index in [2.05, 4.69) is 5.32 Å². The summed E-state index contributed by atoms with van der Waals surface area (Å²) in [5.41, 5.74) is 0.512. The largest absolute Gasteiger partial charge is 0.494 e. The van der Waals surface area contributed by atoms with E-state index < -0.39 is 0 Å². The average molecular weight is 292 g/mol. The summed E-state index contributed by atoms with van der Waals surface area (Å²) >= 11 is 0. The first kappa shape index (κ1) is 17.0. The lowest BCUT2D eigenvalue weighted by atomic mass is 10.2. The Kier molecular flexibility index (Phi) is 6.72. The van der Waals surface area contributed by atoms with Crippen LogP contribution in [0, 0.1) is 5.92 Å². The van der Waals surface area contributed by atoms with E-state index in [4.69, 9.17) is 4.74 Å². The first-order valence-corrected chi connectivity index (χ1v) is 7.19. The van der Waals surface area contributed by atoms with Crippen molar-refractivity contribution in [2.75, 3.05) is 26.7 Å². The molecule has 0 aromatic heterocycles. The van der Waals surface area contributed by atoms with Crippen LogP contribution in [0.15, 0.2) is 24.3 Å². The zero-order valence-corrected chi connectivity index (χ0v) is 13.2. The third-order valence-electron chi connectivity index (χ3n) is 2.89. The van der Waals surface area contributed by atoms with Gasteiger partial charge in [0.1, 0.15) is 5.75 Å². The van der Waals surface area contributed by atoms with Crippen molar-refractivity contribution in [1.82, 2.24) is 10.2 Å². The Bertz CT molecular complexity index is 469. The summed E-state index contributed by atoms with van der Waals surface area (Å²) in [6.07, 6.45) is 0. The van der Waals surface area contributed by atoms with Gasteiger partial charge >= 0.3 is 0 Å². The molecule has 1 rings (SSSR count). The van der Waals surface area contributed by atoms with Gasteiger partial charge in [0.15, 0.2) is 0 Å². The maximum atomic E-state index is 11.9. The third-order valence-corrected chi connectivity index (χ3v) is 2.89. The predicted molar refractivity (Wildman–Crippen MR) is 82.4 cm³/mol. The van der Waals surface area contributed by atoms with Gasteiger partial charge < -0.3 is 15.0 Å². The molecule has 0 fully saturated rings. The molecule has 0 bridgehead atoms. The maximum absolute atomic E-state index is 11.9. The Morgan fingerprint density at radius 3 is 2.38 bits per heavy atom. The molecule has 5 nitrogen and oxygen atoms in total. The lowest BCUT2D eigenvalue weighted by Gasteiger charge is -2.19. The van der Waals surface area contributed by atoms with E-state index >= 15 is 0 Å². The molecular formula is C16H24N2O3. The molecule has 0 saturated heterocycles. The van der Waals surface area contributed by atoms with E-state index in [0.717, 1.165) is 5.75 Å². The molecule has 5 heteroatoms. The van der Waals surface area contributed by atoms with Crippen LogP contribution in [0.1, 0.15) is 31.1 Å². The molecule has 0 heterocycles. The number of ether oxygens (including phenoxy) is 1. The molecule has 0 aliphatic rings. The standard InChI is InChI=1S/C16H24N2O3/c1-5-21-14-8-6-13(7-9-14)16(20)17-10-15(19)18(4)11-12(2)3/h6-9,12H,5,10-11H2,1-4H3,(H,17,20). The zero-order chi connectivity index (χ0) is 15.8. The molecule has 0 saturated carbocycles. The Balaban J connectivity index is 2.48. The summed E-state index contributed by atoms with van der Waals surface area (Å²) in [6, 6.07) is 6.85. The van der Waals surface area contributed by atoms with Crippen molar-refractivity contribution < 1.29 is 14.3 Å². The number of likely N-dealkylation sites (N-methyl/N-ethyl adjacent to an activating group) is 1. The van der Waals surface area contributed by atoms with Crippen LogP contribution < -0.4 is 10.1 Å². The number of carbonyl (C=O) groups excluding carboxylic acids is 2. The quantitative estimate of drug-likeness (QED) is 0.835. The van der Waals surface area contributed by atoms with Crippen molar-refractivity contribution in [3.05, 3.63) is 29.8 Å². The molecule has 21 heavy (non-hydrogen) atoms. The minimum atomic E-state index is -0.260. The molecule has 1 N–H and O–H groups in total. The Labute approximate surface area is 126 Å². The minimum absolute atomic E-state index is 0.00919. The SMILES string of the molecule is CCOc1ccc(C(=O)NCC(=O)N(C)CC(C)C)cc1. The molecule has 0 radical (unpaired) electrons. The highest BCUT2D eigenvalue weighted by Gasteiger charge is 2.12. The number of hydrogen-bond donors (Lipinski definition) is 1. The Morgan fingerprint density at radius 2 is 1.86 bits per heavy atom. The van der Waals surface area contributed by atoms with E-state index in [-0.39, 0.29) is 18.4 Å². The predicted octanol–water partition coefficient (Wildman–Crippen LogP) is 1.93. The van der Waals surface area contributed by atoms with Gasteiger partial charge in [0, 0.05) is 19.2 Å². The second-order valence-corrected chi connectivity index (χ2v) is 5.31. The first-order chi connectivity index (χ1) is 9.93. The molecular weight excluding hydrogens is 268 g/mol. The number of amides is 2. The van der Waals surface area contributed by atoms with E-state index in [1.807, 2.05) is 20.8 Å². The number of hydrogen-bond acceptors (Lipinski definition) is 3. The van der Waals surface area contributed by atoms with Crippen molar-refractivity contribution in [1.29, 1.82) is 0 Å². The monoisotopic (exact) mass is 292 g/mol.